The van der Waals surface area contributed by atoms with Gasteiger partial charge in [-0.2, -0.15) is 13.2 Å². The van der Waals surface area contributed by atoms with Gasteiger partial charge in [0.2, 0.25) is 5.91 Å². The summed E-state index contributed by atoms with van der Waals surface area (Å²) in [6.45, 7) is 1.55. The highest BCUT2D eigenvalue weighted by atomic mass is 19.4. The number of primary amides is 1. The van der Waals surface area contributed by atoms with E-state index in [4.69, 9.17) is 10.5 Å². The smallest absolute Gasteiger partial charge is 0.417 e. The molecule has 0 bridgehead atoms. The van der Waals surface area contributed by atoms with E-state index in [0.717, 1.165) is 24.3 Å². The molecule has 0 aliphatic rings. The molecule has 0 aliphatic carbocycles. The number of nitro groups is 1. The van der Waals surface area contributed by atoms with Gasteiger partial charge in [0.1, 0.15) is 6.04 Å². The van der Waals surface area contributed by atoms with Crippen LogP contribution in [0.25, 0.3) is 0 Å². The van der Waals surface area contributed by atoms with E-state index in [2.05, 4.69) is 5.32 Å². The third-order valence-corrected chi connectivity index (χ3v) is 4.70. The molecule has 0 spiro atoms. The third-order valence-electron chi connectivity index (χ3n) is 4.70. The highest BCUT2D eigenvalue weighted by Gasteiger charge is 2.37. The number of amides is 2. The molecular weight excluding hydrogens is 447 g/mol. The van der Waals surface area contributed by atoms with Crippen molar-refractivity contribution in [3.8, 4) is 0 Å². The first-order valence-electron chi connectivity index (χ1n) is 9.62. The fourth-order valence-corrected chi connectivity index (χ4v) is 3.19. The number of carbonyl (C=O) groups is 3. The minimum atomic E-state index is -4.83. The molecule has 176 valence electrons. The molecule has 0 fully saturated rings. The van der Waals surface area contributed by atoms with Gasteiger partial charge in [0, 0.05) is 18.1 Å². The zero-order valence-corrected chi connectivity index (χ0v) is 17.3. The quantitative estimate of drug-likeness (QED) is 0.330. The molecule has 12 heteroatoms. The number of alkyl halides is 3. The summed E-state index contributed by atoms with van der Waals surface area (Å²) < 4.78 is 44.8. The summed E-state index contributed by atoms with van der Waals surface area (Å²) in [5.74, 6) is -4.29. The number of nitro benzene ring substituents is 1. The van der Waals surface area contributed by atoms with Crippen LogP contribution in [0.4, 0.5) is 18.9 Å². The molecule has 0 unspecified atom stereocenters. The monoisotopic (exact) mass is 467 g/mol. The van der Waals surface area contributed by atoms with E-state index in [1.807, 2.05) is 0 Å². The highest BCUT2D eigenvalue weighted by Crippen LogP contribution is 2.32. The summed E-state index contributed by atoms with van der Waals surface area (Å²) in [4.78, 5) is 47.3. The second-order valence-corrected chi connectivity index (χ2v) is 6.86. The number of esters is 1. The van der Waals surface area contributed by atoms with Gasteiger partial charge in [0.05, 0.1) is 29.1 Å². The Balaban J connectivity index is 2.45. The summed E-state index contributed by atoms with van der Waals surface area (Å²) in [6, 6.07) is 7.09. The lowest BCUT2D eigenvalue weighted by Crippen LogP contribution is -2.49. The maximum absolute atomic E-state index is 13.3. The minimum absolute atomic E-state index is 0.0123. The second kappa shape index (κ2) is 10.6. The average Bonchev–Trinajstić information content (AvgIpc) is 2.75. The standard InChI is InChI=1S/C21H20F3N3O6/c1-2-33-17(28)11-15(12-7-9-13(10-8-12)27(31)32)18(19(25)29)26-20(30)14-5-3-4-6-16(14)21(22,23)24/h3-10,15,18H,2,11H2,1H3,(H2,25,29)(H,26,30)/t15-,18-/m1/s1. The van der Waals surface area contributed by atoms with Crippen molar-refractivity contribution >= 4 is 23.5 Å². The van der Waals surface area contributed by atoms with Gasteiger partial charge >= 0.3 is 12.1 Å². The Kier molecular flexibility index (Phi) is 8.10. The van der Waals surface area contributed by atoms with Gasteiger partial charge in [-0.3, -0.25) is 24.5 Å². The molecule has 2 rings (SSSR count). The van der Waals surface area contributed by atoms with Crippen LogP contribution in [-0.2, 0) is 20.5 Å². The predicted molar refractivity (Wildman–Crippen MR) is 109 cm³/mol. The van der Waals surface area contributed by atoms with Crippen molar-refractivity contribution in [2.75, 3.05) is 6.61 Å². The number of benzene rings is 2. The van der Waals surface area contributed by atoms with E-state index < -0.39 is 58.4 Å². The molecule has 0 aromatic heterocycles. The number of non-ortho nitro benzene ring substituents is 1. The molecule has 2 aromatic rings. The molecule has 0 saturated heterocycles. The van der Waals surface area contributed by atoms with E-state index in [9.17, 15) is 37.7 Å². The predicted octanol–water partition coefficient (Wildman–Crippen LogP) is 2.93. The van der Waals surface area contributed by atoms with Crippen molar-refractivity contribution in [2.45, 2.75) is 31.5 Å². The fourth-order valence-electron chi connectivity index (χ4n) is 3.19. The highest BCUT2D eigenvalue weighted by molar-refractivity contribution is 5.99. The summed E-state index contributed by atoms with van der Waals surface area (Å²) >= 11 is 0. The Morgan fingerprint density at radius 1 is 1.12 bits per heavy atom. The van der Waals surface area contributed by atoms with E-state index in [1.165, 1.54) is 18.2 Å². The van der Waals surface area contributed by atoms with Crippen LogP contribution in [0, 0.1) is 10.1 Å². The maximum Gasteiger partial charge on any atom is 0.417 e. The second-order valence-electron chi connectivity index (χ2n) is 6.86. The number of ether oxygens (including phenoxy) is 1. The van der Waals surface area contributed by atoms with Crippen LogP contribution in [0.3, 0.4) is 0 Å². The van der Waals surface area contributed by atoms with Gasteiger partial charge in [-0.25, -0.2) is 0 Å². The summed E-state index contributed by atoms with van der Waals surface area (Å²) in [6.07, 6.45) is -5.31. The van der Waals surface area contributed by atoms with Crippen LogP contribution >= 0.6 is 0 Å². The van der Waals surface area contributed by atoms with Gasteiger partial charge in [-0.05, 0) is 24.6 Å². The van der Waals surface area contributed by atoms with Crippen molar-refractivity contribution in [1.29, 1.82) is 0 Å². The van der Waals surface area contributed by atoms with Gasteiger partial charge in [0.25, 0.3) is 11.6 Å². The van der Waals surface area contributed by atoms with Crippen molar-refractivity contribution in [2.24, 2.45) is 5.73 Å². The number of hydrogen-bond donors (Lipinski definition) is 2. The van der Waals surface area contributed by atoms with E-state index in [-0.39, 0.29) is 17.9 Å². The van der Waals surface area contributed by atoms with E-state index in [1.54, 1.807) is 6.92 Å². The Bertz CT molecular complexity index is 1040. The number of carbonyl (C=O) groups excluding carboxylic acids is 3. The number of nitrogens with zero attached hydrogens (tertiary/aromatic N) is 1. The van der Waals surface area contributed by atoms with Crippen LogP contribution in [0.5, 0.6) is 0 Å². The minimum Gasteiger partial charge on any atom is -0.466 e. The average molecular weight is 467 g/mol. The lowest BCUT2D eigenvalue weighted by atomic mass is 9.87. The molecule has 0 radical (unpaired) electrons. The number of nitrogens with two attached hydrogens (primary N) is 1. The van der Waals surface area contributed by atoms with Crippen LogP contribution in [0.15, 0.2) is 48.5 Å². The molecule has 33 heavy (non-hydrogen) atoms. The molecular formula is C21H20F3N3O6. The molecule has 3 N–H and O–H groups in total. The Morgan fingerprint density at radius 2 is 1.73 bits per heavy atom. The molecule has 9 nitrogen and oxygen atoms in total. The summed E-state index contributed by atoms with van der Waals surface area (Å²) in [5.41, 5.74) is 3.40. The zero-order chi connectivity index (χ0) is 24.8. The van der Waals surface area contributed by atoms with Crippen molar-refractivity contribution in [3.63, 3.8) is 0 Å². The van der Waals surface area contributed by atoms with Crippen LogP contribution in [0.2, 0.25) is 0 Å². The van der Waals surface area contributed by atoms with Crippen molar-refractivity contribution < 1.29 is 37.2 Å². The van der Waals surface area contributed by atoms with E-state index in [0.29, 0.717) is 6.07 Å². The zero-order valence-electron chi connectivity index (χ0n) is 17.3. The molecule has 0 heterocycles. The topological polar surface area (TPSA) is 142 Å². The molecule has 2 amide bonds. The van der Waals surface area contributed by atoms with Crippen LogP contribution in [0.1, 0.15) is 40.7 Å². The largest absolute Gasteiger partial charge is 0.466 e. The first-order valence-corrected chi connectivity index (χ1v) is 9.62. The van der Waals surface area contributed by atoms with Gasteiger partial charge in [-0.15, -0.1) is 0 Å². The first-order chi connectivity index (χ1) is 15.5. The summed E-state index contributed by atoms with van der Waals surface area (Å²) in [7, 11) is 0. The molecule has 0 aliphatic heterocycles. The maximum atomic E-state index is 13.3. The SMILES string of the molecule is CCOC(=O)C[C@H](c1ccc([N+](=O)[O-])cc1)[C@@H](NC(=O)c1ccccc1C(F)(F)F)C(N)=O. The number of hydrogen-bond acceptors (Lipinski definition) is 6. The first kappa shape index (κ1) is 25.3. The van der Waals surface area contributed by atoms with E-state index >= 15 is 0 Å². The van der Waals surface area contributed by atoms with Crippen molar-refractivity contribution in [1.82, 2.24) is 5.32 Å². The Morgan fingerprint density at radius 3 is 2.24 bits per heavy atom. The van der Waals surface area contributed by atoms with Crippen molar-refractivity contribution in [3.05, 3.63) is 75.3 Å². The van der Waals surface area contributed by atoms with Gasteiger partial charge in [-0.1, -0.05) is 24.3 Å². The normalized spacial score (nSPS) is 13.0. The van der Waals surface area contributed by atoms with Crippen LogP contribution < -0.4 is 11.1 Å². The molecule has 2 atom stereocenters. The Hall–Kier alpha value is -3.96. The van der Waals surface area contributed by atoms with Gasteiger partial charge in [0.15, 0.2) is 0 Å². The number of halogens is 3. The number of rotatable bonds is 9. The van der Waals surface area contributed by atoms with Gasteiger partial charge < -0.3 is 15.8 Å². The Labute approximate surface area is 185 Å². The fraction of sp³-hybridized carbons (Fsp3) is 0.286. The van der Waals surface area contributed by atoms with Crippen LogP contribution in [-0.4, -0.2) is 35.4 Å². The lowest BCUT2D eigenvalue weighted by molar-refractivity contribution is -0.384. The summed E-state index contributed by atoms with van der Waals surface area (Å²) in [5, 5.41) is 13.1. The molecule has 0 saturated carbocycles. The third kappa shape index (κ3) is 6.51. The molecule has 2 aromatic carbocycles. The lowest BCUT2D eigenvalue weighted by Gasteiger charge is -2.26. The number of nitrogens with one attached hydrogen (secondary N) is 1.